The van der Waals surface area contributed by atoms with E-state index in [1.54, 1.807) is 0 Å². The van der Waals surface area contributed by atoms with Gasteiger partial charge in [-0.25, -0.2) is 0 Å². The minimum absolute atomic E-state index is 0. The smallest absolute Gasteiger partial charge is 0.352 e. The van der Waals surface area contributed by atoms with Crippen LogP contribution in [-0.4, -0.2) is 65.8 Å². The molecule has 1 fully saturated rings. The number of aryl methyl sites for hydroxylation is 1. The van der Waals surface area contributed by atoms with Crippen molar-refractivity contribution in [3.05, 3.63) is 23.0 Å². The van der Waals surface area contributed by atoms with Gasteiger partial charge in [0, 0.05) is 51.7 Å². The maximum Gasteiger partial charge on any atom is 0.401 e. The largest absolute Gasteiger partial charge is 0.401 e. The molecule has 2 rings (SSSR count). The van der Waals surface area contributed by atoms with Crippen LogP contribution >= 0.6 is 35.6 Å². The molecule has 150 valence electrons. The SMILES string of the molecule is CCN=C(NC1CCN(CC(F)(F)F)C1)N(C)Cc1cc(Cl)cn1C.I. The third-order valence-corrected chi connectivity index (χ3v) is 4.36. The van der Waals surface area contributed by atoms with Crippen molar-refractivity contribution in [2.45, 2.75) is 32.1 Å². The average molecular weight is 508 g/mol. The van der Waals surface area contributed by atoms with E-state index in [-0.39, 0.29) is 30.0 Å². The first kappa shape index (κ1) is 23.4. The van der Waals surface area contributed by atoms with Crippen LogP contribution in [0.25, 0.3) is 0 Å². The summed E-state index contributed by atoms with van der Waals surface area (Å²) >= 11 is 6.01. The summed E-state index contributed by atoms with van der Waals surface area (Å²) in [7, 11) is 3.83. The molecule has 1 unspecified atom stereocenters. The molecule has 1 aliphatic rings. The lowest BCUT2D eigenvalue weighted by molar-refractivity contribution is -0.143. The molecule has 0 amide bonds. The first-order valence-corrected chi connectivity index (χ1v) is 8.67. The summed E-state index contributed by atoms with van der Waals surface area (Å²) in [5, 5.41) is 3.98. The van der Waals surface area contributed by atoms with E-state index in [4.69, 9.17) is 11.6 Å². The Morgan fingerprint density at radius 1 is 1.46 bits per heavy atom. The van der Waals surface area contributed by atoms with Crippen molar-refractivity contribution in [2.75, 3.05) is 33.2 Å². The van der Waals surface area contributed by atoms with Crippen LogP contribution in [0.15, 0.2) is 17.3 Å². The van der Waals surface area contributed by atoms with E-state index >= 15 is 0 Å². The van der Waals surface area contributed by atoms with Crippen molar-refractivity contribution < 1.29 is 13.2 Å². The Hall–Kier alpha value is -0.680. The van der Waals surface area contributed by atoms with Crippen molar-refractivity contribution in [3.63, 3.8) is 0 Å². The lowest BCUT2D eigenvalue weighted by atomic mass is 10.2. The maximum atomic E-state index is 12.5. The van der Waals surface area contributed by atoms with Gasteiger partial charge in [0.15, 0.2) is 5.96 Å². The molecular formula is C16H26ClF3IN5. The van der Waals surface area contributed by atoms with E-state index in [0.717, 1.165) is 5.69 Å². The highest BCUT2D eigenvalue weighted by atomic mass is 127. The molecule has 10 heteroatoms. The number of aromatic nitrogens is 1. The number of likely N-dealkylation sites (tertiary alicyclic amines) is 1. The molecule has 0 bridgehead atoms. The molecule has 0 saturated carbocycles. The van der Waals surface area contributed by atoms with Crippen LogP contribution in [0.5, 0.6) is 0 Å². The highest BCUT2D eigenvalue weighted by Gasteiger charge is 2.34. The van der Waals surface area contributed by atoms with Crippen LogP contribution < -0.4 is 5.32 Å². The molecule has 1 N–H and O–H groups in total. The van der Waals surface area contributed by atoms with Crippen LogP contribution in [0.3, 0.4) is 0 Å². The number of hydrogen-bond acceptors (Lipinski definition) is 2. The fourth-order valence-corrected chi connectivity index (χ4v) is 3.27. The van der Waals surface area contributed by atoms with Gasteiger partial charge in [0.05, 0.1) is 18.1 Å². The molecule has 0 radical (unpaired) electrons. The van der Waals surface area contributed by atoms with Gasteiger partial charge in [-0.1, -0.05) is 11.6 Å². The van der Waals surface area contributed by atoms with E-state index in [0.29, 0.717) is 43.6 Å². The van der Waals surface area contributed by atoms with Crippen LogP contribution in [0, 0.1) is 0 Å². The highest BCUT2D eigenvalue weighted by Crippen LogP contribution is 2.20. The monoisotopic (exact) mass is 507 g/mol. The summed E-state index contributed by atoms with van der Waals surface area (Å²) in [6.45, 7) is 3.08. The minimum Gasteiger partial charge on any atom is -0.352 e. The molecular weight excluding hydrogens is 482 g/mol. The zero-order valence-electron chi connectivity index (χ0n) is 15.2. The van der Waals surface area contributed by atoms with Gasteiger partial charge in [-0.2, -0.15) is 13.2 Å². The van der Waals surface area contributed by atoms with Gasteiger partial charge in [0.2, 0.25) is 0 Å². The number of aliphatic imine (C=N–C) groups is 1. The molecule has 2 heterocycles. The molecule has 0 aromatic carbocycles. The van der Waals surface area contributed by atoms with Crippen molar-refractivity contribution in [1.29, 1.82) is 0 Å². The second-order valence-corrected chi connectivity index (χ2v) is 6.83. The van der Waals surface area contributed by atoms with Gasteiger partial charge in [-0.05, 0) is 19.4 Å². The standard InChI is InChI=1S/C16H25ClF3N5.HI/c1-4-21-15(24(3)10-14-7-12(17)8-23(14)2)22-13-5-6-25(9-13)11-16(18,19)20;/h7-8,13H,4-6,9-11H2,1-3H3,(H,21,22);1H. The number of guanidine groups is 1. The summed E-state index contributed by atoms with van der Waals surface area (Å²) < 4.78 is 39.5. The van der Waals surface area contributed by atoms with E-state index in [1.165, 1.54) is 4.90 Å². The Labute approximate surface area is 174 Å². The number of nitrogens with one attached hydrogen (secondary N) is 1. The molecule has 1 atom stereocenters. The number of hydrogen-bond donors (Lipinski definition) is 1. The van der Waals surface area contributed by atoms with Gasteiger partial charge < -0.3 is 14.8 Å². The second kappa shape index (κ2) is 10.0. The Bertz CT molecular complexity index is 605. The predicted octanol–water partition coefficient (Wildman–Crippen LogP) is 3.33. The molecule has 5 nitrogen and oxygen atoms in total. The normalized spacial score (nSPS) is 18.7. The second-order valence-electron chi connectivity index (χ2n) is 6.39. The molecule has 26 heavy (non-hydrogen) atoms. The van der Waals surface area contributed by atoms with E-state index in [1.807, 2.05) is 42.7 Å². The fourth-order valence-electron chi connectivity index (χ4n) is 3.00. The van der Waals surface area contributed by atoms with Gasteiger partial charge in [0.25, 0.3) is 0 Å². The van der Waals surface area contributed by atoms with Crippen LogP contribution in [0.1, 0.15) is 19.0 Å². The Kier molecular flexibility index (Phi) is 9.01. The quantitative estimate of drug-likeness (QED) is 0.377. The van der Waals surface area contributed by atoms with Gasteiger partial charge in [0.1, 0.15) is 0 Å². The molecule has 0 spiro atoms. The van der Waals surface area contributed by atoms with Crippen molar-refractivity contribution in [3.8, 4) is 0 Å². The zero-order valence-corrected chi connectivity index (χ0v) is 18.3. The first-order valence-electron chi connectivity index (χ1n) is 8.30. The number of rotatable bonds is 5. The third-order valence-electron chi connectivity index (χ3n) is 4.15. The van der Waals surface area contributed by atoms with Crippen molar-refractivity contribution in [1.82, 2.24) is 19.7 Å². The van der Waals surface area contributed by atoms with E-state index < -0.39 is 12.7 Å². The van der Waals surface area contributed by atoms with Crippen LogP contribution in [0.2, 0.25) is 5.02 Å². The Morgan fingerprint density at radius 3 is 2.69 bits per heavy atom. The summed E-state index contributed by atoms with van der Waals surface area (Å²) in [5.74, 6) is 0.693. The number of halogens is 5. The van der Waals surface area contributed by atoms with Crippen LogP contribution in [0.4, 0.5) is 13.2 Å². The topological polar surface area (TPSA) is 35.8 Å². The first-order chi connectivity index (χ1) is 11.7. The molecule has 1 saturated heterocycles. The Balaban J connectivity index is 0.00000338. The van der Waals surface area contributed by atoms with E-state index in [2.05, 4.69) is 10.3 Å². The summed E-state index contributed by atoms with van der Waals surface area (Å²) in [6, 6.07) is 1.86. The molecule has 1 aromatic heterocycles. The predicted molar refractivity (Wildman–Crippen MR) is 109 cm³/mol. The maximum absolute atomic E-state index is 12.5. The number of alkyl halides is 3. The van der Waals surface area contributed by atoms with Gasteiger partial charge in [-0.3, -0.25) is 9.89 Å². The molecule has 1 aliphatic heterocycles. The summed E-state index contributed by atoms with van der Waals surface area (Å²) in [5.41, 5.74) is 1.03. The van der Waals surface area contributed by atoms with Gasteiger partial charge >= 0.3 is 6.18 Å². The number of nitrogens with zero attached hydrogens (tertiary/aromatic N) is 4. The summed E-state index contributed by atoms with van der Waals surface area (Å²) in [4.78, 5) is 7.86. The molecule has 0 aliphatic carbocycles. The lowest BCUT2D eigenvalue weighted by Crippen LogP contribution is -2.46. The average Bonchev–Trinajstić information content (AvgIpc) is 3.03. The van der Waals surface area contributed by atoms with E-state index in [9.17, 15) is 13.2 Å². The van der Waals surface area contributed by atoms with Crippen LogP contribution in [-0.2, 0) is 13.6 Å². The summed E-state index contributed by atoms with van der Waals surface area (Å²) in [6.07, 6.45) is -1.65. The van der Waals surface area contributed by atoms with Crippen molar-refractivity contribution >= 4 is 41.5 Å². The Morgan fingerprint density at radius 2 is 2.15 bits per heavy atom. The van der Waals surface area contributed by atoms with Gasteiger partial charge in [-0.15, -0.1) is 24.0 Å². The highest BCUT2D eigenvalue weighted by molar-refractivity contribution is 14.0. The third kappa shape index (κ3) is 7.15. The minimum atomic E-state index is -4.15. The zero-order chi connectivity index (χ0) is 18.6. The lowest BCUT2D eigenvalue weighted by Gasteiger charge is -2.26. The molecule has 1 aromatic rings. The van der Waals surface area contributed by atoms with Crippen molar-refractivity contribution in [2.24, 2.45) is 12.0 Å². The fraction of sp³-hybridized carbons (Fsp3) is 0.688.